The minimum atomic E-state index is -0.441. The van der Waals surface area contributed by atoms with Gasteiger partial charge in [0.25, 0.3) is 0 Å². The summed E-state index contributed by atoms with van der Waals surface area (Å²) >= 11 is 13.5. The minimum Gasteiger partial charge on any atom is -0.398 e. The zero-order valence-corrected chi connectivity index (χ0v) is 19.1. The first kappa shape index (κ1) is 22.8. The SMILES string of the molecule is CC1CCN(C(=O)C(CCn2cccc2C#N)NSc2c(N)cc(Cl)cc2Cl)CC1. The summed E-state index contributed by atoms with van der Waals surface area (Å²) in [6.45, 7) is 4.29. The first-order chi connectivity index (χ1) is 14.4. The number of rotatable bonds is 7. The van der Waals surface area contributed by atoms with Crippen LogP contribution in [0, 0.1) is 17.2 Å². The van der Waals surface area contributed by atoms with Crippen LogP contribution in [0.25, 0.3) is 0 Å². The number of nitrogen functional groups attached to an aromatic ring is 1. The molecule has 1 atom stereocenters. The Hall–Kier alpha value is -1.85. The molecule has 1 aromatic carbocycles. The monoisotopic (exact) mass is 465 g/mol. The van der Waals surface area contributed by atoms with Crippen LogP contribution in [0.2, 0.25) is 10.0 Å². The highest BCUT2D eigenvalue weighted by Crippen LogP contribution is 2.34. The number of aryl methyl sites for hydroxylation is 1. The number of carbonyl (C=O) groups excluding carboxylic acids is 1. The van der Waals surface area contributed by atoms with Crippen LogP contribution in [0.3, 0.4) is 0 Å². The van der Waals surface area contributed by atoms with E-state index in [4.69, 9.17) is 28.9 Å². The molecule has 1 aromatic heterocycles. The number of nitrogens with zero attached hydrogens (tertiary/aromatic N) is 3. The van der Waals surface area contributed by atoms with Gasteiger partial charge < -0.3 is 15.2 Å². The second kappa shape index (κ2) is 10.5. The number of nitriles is 1. The molecule has 1 saturated heterocycles. The maximum atomic E-state index is 13.3. The summed E-state index contributed by atoms with van der Waals surface area (Å²) in [5.74, 6) is 0.698. The van der Waals surface area contributed by atoms with Gasteiger partial charge in [0.15, 0.2) is 0 Å². The number of nitrogens with one attached hydrogen (secondary N) is 1. The molecule has 1 aliphatic rings. The van der Waals surface area contributed by atoms with E-state index in [1.54, 1.807) is 18.2 Å². The van der Waals surface area contributed by atoms with Gasteiger partial charge in [0.2, 0.25) is 5.91 Å². The Kier molecular flexibility index (Phi) is 7.95. The van der Waals surface area contributed by atoms with E-state index in [0.29, 0.717) is 45.2 Å². The molecule has 30 heavy (non-hydrogen) atoms. The first-order valence-corrected chi connectivity index (χ1v) is 11.5. The number of hydrogen-bond acceptors (Lipinski definition) is 5. The van der Waals surface area contributed by atoms with Crippen LogP contribution in [0.1, 0.15) is 31.9 Å². The van der Waals surface area contributed by atoms with E-state index in [1.807, 2.05) is 21.7 Å². The van der Waals surface area contributed by atoms with E-state index in [1.165, 1.54) is 11.9 Å². The van der Waals surface area contributed by atoms with E-state index in [-0.39, 0.29) is 5.91 Å². The van der Waals surface area contributed by atoms with Gasteiger partial charge in [-0.05, 0) is 61.4 Å². The molecule has 0 spiro atoms. The van der Waals surface area contributed by atoms with Crippen LogP contribution in [0.4, 0.5) is 5.69 Å². The van der Waals surface area contributed by atoms with Crippen molar-refractivity contribution in [2.75, 3.05) is 18.8 Å². The summed E-state index contributed by atoms with van der Waals surface area (Å²) in [6.07, 6.45) is 4.41. The zero-order valence-electron chi connectivity index (χ0n) is 16.8. The van der Waals surface area contributed by atoms with Gasteiger partial charge in [0, 0.05) is 36.5 Å². The lowest BCUT2D eigenvalue weighted by molar-refractivity contribution is -0.134. The molecule has 160 valence electrons. The van der Waals surface area contributed by atoms with Crippen molar-refractivity contribution in [3.05, 3.63) is 46.2 Å². The van der Waals surface area contributed by atoms with Crippen LogP contribution < -0.4 is 10.5 Å². The lowest BCUT2D eigenvalue weighted by Gasteiger charge is -2.33. The van der Waals surface area contributed by atoms with E-state index in [0.717, 1.165) is 25.9 Å². The van der Waals surface area contributed by atoms with Crippen LogP contribution in [0.15, 0.2) is 35.4 Å². The van der Waals surface area contributed by atoms with Crippen molar-refractivity contribution < 1.29 is 4.79 Å². The smallest absolute Gasteiger partial charge is 0.240 e. The highest BCUT2D eigenvalue weighted by molar-refractivity contribution is 7.97. The molecule has 1 amide bonds. The summed E-state index contributed by atoms with van der Waals surface area (Å²) in [5, 5.41) is 10.1. The molecule has 1 aliphatic heterocycles. The third kappa shape index (κ3) is 5.64. The van der Waals surface area contributed by atoms with Crippen molar-refractivity contribution >= 4 is 46.7 Å². The van der Waals surface area contributed by atoms with Crippen LogP contribution >= 0.6 is 35.1 Å². The molecular weight excluding hydrogens is 441 g/mol. The minimum absolute atomic E-state index is 0.0590. The lowest BCUT2D eigenvalue weighted by Crippen LogP contribution is -2.47. The molecule has 2 aromatic rings. The summed E-state index contributed by atoms with van der Waals surface area (Å²) in [5.41, 5.74) is 7.10. The van der Waals surface area contributed by atoms with Crippen molar-refractivity contribution in [3.63, 3.8) is 0 Å². The van der Waals surface area contributed by atoms with Crippen LogP contribution in [0.5, 0.6) is 0 Å². The number of carbonyl (C=O) groups is 1. The fourth-order valence-corrected chi connectivity index (χ4v) is 4.92. The Morgan fingerprint density at radius 2 is 2.13 bits per heavy atom. The van der Waals surface area contributed by atoms with Gasteiger partial charge >= 0.3 is 0 Å². The second-order valence-corrected chi connectivity index (χ2v) is 9.27. The average molecular weight is 466 g/mol. The van der Waals surface area contributed by atoms with E-state index in [2.05, 4.69) is 17.7 Å². The van der Waals surface area contributed by atoms with Gasteiger partial charge in [-0.25, -0.2) is 4.72 Å². The normalized spacial score (nSPS) is 15.7. The predicted molar refractivity (Wildman–Crippen MR) is 122 cm³/mol. The van der Waals surface area contributed by atoms with Gasteiger partial charge in [-0.2, -0.15) is 5.26 Å². The third-order valence-corrected chi connectivity index (χ3v) is 7.03. The van der Waals surface area contributed by atoms with Gasteiger partial charge in [-0.15, -0.1) is 0 Å². The molecule has 1 unspecified atom stereocenters. The van der Waals surface area contributed by atoms with Crippen LogP contribution in [-0.4, -0.2) is 34.5 Å². The zero-order chi connectivity index (χ0) is 21.7. The third-order valence-electron chi connectivity index (χ3n) is 5.34. The van der Waals surface area contributed by atoms with E-state index < -0.39 is 6.04 Å². The summed E-state index contributed by atoms with van der Waals surface area (Å²) in [6, 6.07) is 8.59. The molecular formula is C21H25Cl2N5OS. The fraction of sp³-hybridized carbons (Fsp3) is 0.429. The molecule has 0 bridgehead atoms. The lowest BCUT2D eigenvalue weighted by atomic mass is 9.98. The molecule has 0 saturated carbocycles. The number of likely N-dealkylation sites (tertiary alicyclic amines) is 1. The number of nitrogens with two attached hydrogens (primary N) is 1. The average Bonchev–Trinajstić information content (AvgIpc) is 3.17. The molecule has 0 aliphatic carbocycles. The first-order valence-electron chi connectivity index (χ1n) is 9.90. The Balaban J connectivity index is 1.73. The van der Waals surface area contributed by atoms with Gasteiger partial charge in [0.05, 0.1) is 16.0 Å². The van der Waals surface area contributed by atoms with Crippen molar-refractivity contribution in [1.29, 1.82) is 5.26 Å². The van der Waals surface area contributed by atoms with Crippen molar-refractivity contribution in [2.24, 2.45) is 5.92 Å². The predicted octanol–water partition coefficient (Wildman–Crippen LogP) is 4.56. The van der Waals surface area contributed by atoms with Crippen molar-refractivity contribution in [2.45, 2.75) is 43.7 Å². The molecule has 9 heteroatoms. The second-order valence-electron chi connectivity index (χ2n) is 7.57. The maximum Gasteiger partial charge on any atom is 0.240 e. The van der Waals surface area contributed by atoms with E-state index in [9.17, 15) is 10.1 Å². The van der Waals surface area contributed by atoms with Crippen molar-refractivity contribution in [1.82, 2.24) is 14.2 Å². The topological polar surface area (TPSA) is 87.1 Å². The Morgan fingerprint density at radius 3 is 2.80 bits per heavy atom. The van der Waals surface area contributed by atoms with Crippen molar-refractivity contribution in [3.8, 4) is 6.07 Å². The number of hydrogen-bond donors (Lipinski definition) is 2. The fourth-order valence-electron chi connectivity index (χ4n) is 3.48. The molecule has 2 heterocycles. The quantitative estimate of drug-likeness (QED) is 0.461. The molecule has 1 fully saturated rings. The molecule has 0 radical (unpaired) electrons. The highest BCUT2D eigenvalue weighted by atomic mass is 35.5. The van der Waals surface area contributed by atoms with Gasteiger partial charge in [-0.1, -0.05) is 30.1 Å². The Morgan fingerprint density at radius 1 is 1.40 bits per heavy atom. The number of halogens is 2. The molecule has 6 nitrogen and oxygen atoms in total. The summed E-state index contributed by atoms with van der Waals surface area (Å²) in [7, 11) is 0. The number of anilines is 1. The summed E-state index contributed by atoms with van der Waals surface area (Å²) < 4.78 is 5.12. The number of benzene rings is 1. The standard InChI is InChI=1S/C21H25Cl2N5OS/c1-14-4-8-28(9-5-14)21(29)19(6-10-27-7-2-3-16(27)13-24)26-30-20-17(23)11-15(22)12-18(20)25/h2-3,7,11-12,14,19,26H,4-6,8-10,25H2,1H3. The molecule has 3 rings (SSSR count). The maximum absolute atomic E-state index is 13.3. The number of aromatic nitrogens is 1. The number of amides is 1. The van der Waals surface area contributed by atoms with Gasteiger partial charge in [-0.3, -0.25) is 4.79 Å². The molecule has 3 N–H and O–H groups in total. The Bertz CT molecular complexity index is 911. The highest BCUT2D eigenvalue weighted by Gasteiger charge is 2.27. The van der Waals surface area contributed by atoms with Gasteiger partial charge in [0.1, 0.15) is 11.8 Å². The summed E-state index contributed by atoms with van der Waals surface area (Å²) in [4.78, 5) is 15.8. The Labute approximate surface area is 191 Å². The number of piperidine rings is 1. The van der Waals surface area contributed by atoms with E-state index >= 15 is 0 Å². The largest absolute Gasteiger partial charge is 0.398 e. The van der Waals surface area contributed by atoms with Crippen LogP contribution in [-0.2, 0) is 11.3 Å².